The smallest absolute Gasteiger partial charge is 0.190 e. The number of carbonyl (C=O) groups is 1. The van der Waals surface area contributed by atoms with Crippen LogP contribution in [0.2, 0.25) is 0 Å². The summed E-state index contributed by atoms with van der Waals surface area (Å²) in [6.45, 7) is 8.36. The number of hydrogen-bond donors (Lipinski definition) is 0. The van der Waals surface area contributed by atoms with Crippen molar-refractivity contribution >= 4 is 6.29 Å². The largest absolute Gasteiger partial charge is 0.373 e. The van der Waals surface area contributed by atoms with Gasteiger partial charge in [-0.15, -0.1) is 0 Å². The Morgan fingerprint density at radius 2 is 1.74 bits per heavy atom. The topological polar surface area (TPSA) is 63.2 Å². The Bertz CT molecular complexity index is 318. The molecular weight excluding hydrogens is 252 g/mol. The van der Waals surface area contributed by atoms with Crippen LogP contribution in [0.25, 0.3) is 0 Å². The highest BCUT2D eigenvalue weighted by Gasteiger charge is 2.55. The van der Waals surface area contributed by atoms with Crippen molar-refractivity contribution in [2.24, 2.45) is 0 Å². The van der Waals surface area contributed by atoms with Crippen molar-refractivity contribution in [3.63, 3.8) is 0 Å². The molecule has 5 atom stereocenters. The van der Waals surface area contributed by atoms with Gasteiger partial charge >= 0.3 is 0 Å². The van der Waals surface area contributed by atoms with Gasteiger partial charge in [0.2, 0.25) is 0 Å². The fraction of sp³-hybridized carbons (Fsp3) is 0.923. The van der Waals surface area contributed by atoms with E-state index in [9.17, 15) is 4.79 Å². The highest BCUT2D eigenvalue weighted by Crippen LogP contribution is 2.37. The maximum absolute atomic E-state index is 11.2. The van der Waals surface area contributed by atoms with E-state index in [0.717, 1.165) is 6.29 Å². The van der Waals surface area contributed by atoms with E-state index in [1.807, 2.05) is 27.7 Å². The predicted octanol–water partition coefficient (Wildman–Crippen LogP) is 0.872. The Labute approximate surface area is 113 Å². The van der Waals surface area contributed by atoms with Gasteiger partial charge in [-0.25, -0.2) is 0 Å². The molecule has 0 aromatic heterocycles. The first-order chi connectivity index (χ1) is 9.02. The van der Waals surface area contributed by atoms with Crippen molar-refractivity contribution in [2.45, 2.75) is 64.2 Å². The van der Waals surface area contributed by atoms with Crippen molar-refractivity contribution in [1.82, 2.24) is 0 Å². The minimum Gasteiger partial charge on any atom is -0.373 e. The van der Waals surface area contributed by atoms with E-state index in [0.29, 0.717) is 13.2 Å². The number of rotatable bonds is 5. The molecule has 19 heavy (non-hydrogen) atoms. The van der Waals surface area contributed by atoms with Gasteiger partial charge in [-0.2, -0.15) is 0 Å². The summed E-state index contributed by atoms with van der Waals surface area (Å²) in [5.74, 6) is -0.751. The molecule has 0 saturated carbocycles. The molecule has 0 aromatic carbocycles. The number of aldehydes is 1. The van der Waals surface area contributed by atoms with Gasteiger partial charge in [0.15, 0.2) is 18.4 Å². The van der Waals surface area contributed by atoms with E-state index >= 15 is 0 Å². The van der Waals surface area contributed by atoms with Crippen LogP contribution in [0.3, 0.4) is 0 Å². The predicted molar refractivity (Wildman–Crippen MR) is 65.6 cm³/mol. The molecule has 0 bridgehead atoms. The van der Waals surface area contributed by atoms with Gasteiger partial charge in [0, 0.05) is 13.2 Å². The SMILES string of the molecule is CCO[C@H]1[C@@H]2OC(C)(C)O[C@@H]2O[C@@H](C=O)[C@H]1OCC. The fourth-order valence-corrected chi connectivity index (χ4v) is 2.56. The van der Waals surface area contributed by atoms with Crippen LogP contribution in [0.15, 0.2) is 0 Å². The Morgan fingerprint density at radius 3 is 2.32 bits per heavy atom. The number of ether oxygens (including phenoxy) is 5. The van der Waals surface area contributed by atoms with E-state index in [2.05, 4.69) is 0 Å². The Hall–Kier alpha value is -0.530. The first-order valence-electron chi connectivity index (χ1n) is 6.72. The molecule has 0 spiro atoms. The second kappa shape index (κ2) is 5.85. The van der Waals surface area contributed by atoms with Gasteiger partial charge in [-0.1, -0.05) is 0 Å². The zero-order chi connectivity index (χ0) is 14.0. The number of carbonyl (C=O) groups excluding carboxylic acids is 1. The van der Waals surface area contributed by atoms with E-state index in [-0.39, 0.29) is 12.2 Å². The molecular formula is C13H22O6. The number of fused-ring (bicyclic) bond motifs is 1. The molecule has 0 unspecified atom stereocenters. The lowest BCUT2D eigenvalue weighted by Gasteiger charge is -2.40. The van der Waals surface area contributed by atoms with Gasteiger partial charge in [-0.05, 0) is 27.7 Å². The van der Waals surface area contributed by atoms with Gasteiger partial charge in [-0.3, -0.25) is 0 Å². The van der Waals surface area contributed by atoms with Crippen molar-refractivity contribution in [3.8, 4) is 0 Å². The standard InChI is InChI=1S/C13H22O6/c1-5-15-9-8(7-14)17-12-11(10(9)16-6-2)18-13(3,4)19-12/h7-12H,5-6H2,1-4H3/t8-,9+,10+,11-,12-/m0/s1. The summed E-state index contributed by atoms with van der Waals surface area (Å²) in [7, 11) is 0. The van der Waals surface area contributed by atoms with Crippen LogP contribution in [0, 0.1) is 0 Å². The molecule has 2 heterocycles. The molecule has 0 aromatic rings. The maximum Gasteiger partial charge on any atom is 0.190 e. The van der Waals surface area contributed by atoms with Crippen molar-refractivity contribution in [1.29, 1.82) is 0 Å². The van der Waals surface area contributed by atoms with Crippen LogP contribution in [0.4, 0.5) is 0 Å². The van der Waals surface area contributed by atoms with Crippen LogP contribution < -0.4 is 0 Å². The average molecular weight is 274 g/mol. The fourth-order valence-electron chi connectivity index (χ4n) is 2.56. The minimum atomic E-state index is -0.751. The van der Waals surface area contributed by atoms with Gasteiger partial charge in [0.05, 0.1) is 0 Å². The molecule has 2 fully saturated rings. The minimum absolute atomic E-state index is 0.374. The summed E-state index contributed by atoms with van der Waals surface area (Å²) in [6.07, 6.45) is -1.80. The van der Waals surface area contributed by atoms with Crippen LogP contribution in [0.5, 0.6) is 0 Å². The molecule has 0 N–H and O–H groups in total. The maximum atomic E-state index is 11.2. The summed E-state index contributed by atoms with van der Waals surface area (Å²) in [6, 6.07) is 0. The second-order valence-corrected chi connectivity index (χ2v) is 5.05. The van der Waals surface area contributed by atoms with Crippen molar-refractivity contribution in [3.05, 3.63) is 0 Å². The van der Waals surface area contributed by atoms with Gasteiger partial charge < -0.3 is 28.5 Å². The van der Waals surface area contributed by atoms with Gasteiger partial charge in [0.25, 0.3) is 0 Å². The molecule has 2 aliphatic heterocycles. The lowest BCUT2D eigenvalue weighted by atomic mass is 9.99. The normalized spacial score (nSPS) is 40.9. The summed E-state index contributed by atoms with van der Waals surface area (Å²) >= 11 is 0. The summed E-state index contributed by atoms with van der Waals surface area (Å²) in [5.41, 5.74) is 0. The number of hydrogen-bond acceptors (Lipinski definition) is 6. The lowest BCUT2D eigenvalue weighted by molar-refractivity contribution is -0.256. The van der Waals surface area contributed by atoms with E-state index in [1.54, 1.807) is 0 Å². The van der Waals surface area contributed by atoms with Crippen LogP contribution >= 0.6 is 0 Å². The molecule has 0 aliphatic carbocycles. The lowest BCUT2D eigenvalue weighted by Crippen LogP contribution is -2.58. The third kappa shape index (κ3) is 2.98. The Morgan fingerprint density at radius 1 is 1.11 bits per heavy atom. The summed E-state index contributed by atoms with van der Waals surface area (Å²) < 4.78 is 28.4. The monoisotopic (exact) mass is 274 g/mol. The quantitative estimate of drug-likeness (QED) is 0.693. The molecule has 0 radical (unpaired) electrons. The third-order valence-electron chi connectivity index (χ3n) is 3.20. The third-order valence-corrected chi connectivity index (χ3v) is 3.20. The van der Waals surface area contributed by atoms with Crippen LogP contribution in [0.1, 0.15) is 27.7 Å². The first-order valence-corrected chi connectivity index (χ1v) is 6.72. The van der Waals surface area contributed by atoms with E-state index in [1.165, 1.54) is 0 Å². The van der Waals surface area contributed by atoms with Crippen LogP contribution in [-0.2, 0) is 28.5 Å². The highest BCUT2D eigenvalue weighted by atomic mass is 16.8. The van der Waals surface area contributed by atoms with Crippen molar-refractivity contribution in [2.75, 3.05) is 13.2 Å². The highest BCUT2D eigenvalue weighted by molar-refractivity contribution is 5.57. The molecule has 0 amide bonds. The summed E-state index contributed by atoms with van der Waals surface area (Å²) in [4.78, 5) is 11.2. The molecule has 6 heteroatoms. The average Bonchev–Trinajstić information content (AvgIpc) is 2.66. The van der Waals surface area contributed by atoms with Crippen molar-refractivity contribution < 1.29 is 28.5 Å². The van der Waals surface area contributed by atoms with E-state index in [4.69, 9.17) is 23.7 Å². The molecule has 6 nitrogen and oxygen atoms in total. The summed E-state index contributed by atoms with van der Waals surface area (Å²) in [5, 5.41) is 0. The Balaban J connectivity index is 2.21. The molecule has 2 aliphatic rings. The molecule has 2 saturated heterocycles. The van der Waals surface area contributed by atoms with Crippen LogP contribution in [-0.4, -0.2) is 56.0 Å². The first kappa shape index (κ1) is 14.9. The van der Waals surface area contributed by atoms with E-state index < -0.39 is 24.3 Å². The molecule has 2 rings (SSSR count). The van der Waals surface area contributed by atoms with Gasteiger partial charge in [0.1, 0.15) is 24.4 Å². The second-order valence-electron chi connectivity index (χ2n) is 5.05. The zero-order valence-corrected chi connectivity index (χ0v) is 11.8. The Kier molecular flexibility index (Phi) is 4.58. The zero-order valence-electron chi connectivity index (χ0n) is 11.8. The molecule has 110 valence electrons.